The van der Waals surface area contributed by atoms with E-state index in [1.807, 2.05) is 5.32 Å². The van der Waals surface area contributed by atoms with Crippen molar-refractivity contribution < 1.29 is 45.0 Å². The summed E-state index contributed by atoms with van der Waals surface area (Å²) in [5.41, 5.74) is -4.35. The van der Waals surface area contributed by atoms with Crippen LogP contribution in [0.1, 0.15) is 22.7 Å². The lowest BCUT2D eigenvalue weighted by Crippen LogP contribution is -2.22. The maximum atomic E-state index is 13.8. The molecule has 0 heterocycles. The lowest BCUT2D eigenvalue weighted by molar-refractivity contribution is -0.140. The molecule has 1 atom stereocenters. The van der Waals surface area contributed by atoms with E-state index in [1.165, 1.54) is 0 Å². The number of benzene rings is 2. The van der Waals surface area contributed by atoms with Gasteiger partial charge in [0.1, 0.15) is 11.6 Å². The first-order valence-electron chi connectivity index (χ1n) is 7.03. The van der Waals surface area contributed by atoms with Crippen molar-refractivity contribution >= 4 is 11.7 Å². The predicted molar refractivity (Wildman–Crippen MR) is 76.8 cm³/mol. The van der Waals surface area contributed by atoms with E-state index in [0.29, 0.717) is 24.3 Å². The quantitative estimate of drug-likeness (QED) is 0.692. The number of hydrogen-bond acceptors (Lipinski definition) is 2. The molecule has 0 aliphatic rings. The van der Waals surface area contributed by atoms with E-state index in [9.17, 15) is 45.0 Å². The first-order chi connectivity index (χ1) is 12.3. The molecule has 2 rings (SSSR count). The van der Waals surface area contributed by atoms with Gasteiger partial charge in [-0.25, -0.2) is 13.6 Å². The van der Waals surface area contributed by atoms with Crippen LogP contribution < -0.4 is 5.32 Å². The standard InChI is InChI=1S/C16H9F8NO2/c17-10-4-2-8(15(19,20)21)6-12(10)25-13(14(26)27)7-1-3-9(11(18)5-7)16(22,23)24/h1-6,13,25H,(H,26,27). The van der Waals surface area contributed by atoms with Crippen molar-refractivity contribution in [3.63, 3.8) is 0 Å². The number of rotatable bonds is 4. The van der Waals surface area contributed by atoms with E-state index >= 15 is 0 Å². The minimum Gasteiger partial charge on any atom is -0.479 e. The van der Waals surface area contributed by atoms with Gasteiger partial charge in [-0.15, -0.1) is 0 Å². The first kappa shape index (κ1) is 20.5. The van der Waals surface area contributed by atoms with E-state index in [-0.39, 0.29) is 12.1 Å². The molecule has 0 fully saturated rings. The summed E-state index contributed by atoms with van der Waals surface area (Å²) in [6, 6.07) is 0.338. The van der Waals surface area contributed by atoms with Crippen LogP contribution in [-0.4, -0.2) is 11.1 Å². The van der Waals surface area contributed by atoms with Crippen LogP contribution in [-0.2, 0) is 17.1 Å². The number of carbonyl (C=O) groups is 1. The number of hydrogen-bond donors (Lipinski definition) is 2. The van der Waals surface area contributed by atoms with Gasteiger partial charge in [-0.1, -0.05) is 6.07 Å². The highest BCUT2D eigenvalue weighted by atomic mass is 19.4. The average molecular weight is 399 g/mol. The molecule has 2 aromatic carbocycles. The first-order valence-corrected chi connectivity index (χ1v) is 7.03. The van der Waals surface area contributed by atoms with Gasteiger partial charge in [0.15, 0.2) is 6.04 Å². The average Bonchev–Trinajstić information content (AvgIpc) is 2.51. The van der Waals surface area contributed by atoms with Crippen molar-refractivity contribution in [2.24, 2.45) is 0 Å². The van der Waals surface area contributed by atoms with Crippen molar-refractivity contribution in [2.75, 3.05) is 5.32 Å². The highest BCUT2D eigenvalue weighted by molar-refractivity contribution is 5.79. The Bertz CT molecular complexity index is 860. The molecule has 3 nitrogen and oxygen atoms in total. The van der Waals surface area contributed by atoms with Gasteiger partial charge in [-0.05, 0) is 35.9 Å². The molecule has 1 unspecified atom stereocenters. The summed E-state index contributed by atoms with van der Waals surface area (Å²) in [6.07, 6.45) is -9.87. The number of aliphatic carboxylic acids is 1. The van der Waals surface area contributed by atoms with E-state index in [4.69, 9.17) is 0 Å². The molecule has 0 aliphatic carbocycles. The number of carboxylic acids is 1. The largest absolute Gasteiger partial charge is 0.479 e. The van der Waals surface area contributed by atoms with Crippen LogP contribution in [0.25, 0.3) is 0 Å². The van der Waals surface area contributed by atoms with Gasteiger partial charge in [-0.3, -0.25) is 0 Å². The molecular weight excluding hydrogens is 390 g/mol. The second-order valence-corrected chi connectivity index (χ2v) is 5.35. The Hall–Kier alpha value is -2.85. The zero-order chi connectivity index (χ0) is 20.6. The summed E-state index contributed by atoms with van der Waals surface area (Å²) in [5.74, 6) is -4.79. The molecule has 146 valence electrons. The minimum absolute atomic E-state index is 0.264. The molecule has 11 heteroatoms. The van der Waals surface area contributed by atoms with E-state index in [0.717, 1.165) is 0 Å². The second-order valence-electron chi connectivity index (χ2n) is 5.35. The summed E-state index contributed by atoms with van der Waals surface area (Å²) in [7, 11) is 0. The van der Waals surface area contributed by atoms with Crippen LogP contribution in [0.15, 0.2) is 36.4 Å². The zero-order valence-corrected chi connectivity index (χ0v) is 12.9. The highest BCUT2D eigenvalue weighted by Gasteiger charge is 2.35. The van der Waals surface area contributed by atoms with Crippen molar-refractivity contribution in [2.45, 2.75) is 18.4 Å². The molecule has 0 amide bonds. The number of anilines is 1. The smallest absolute Gasteiger partial charge is 0.419 e. The van der Waals surface area contributed by atoms with Crippen molar-refractivity contribution in [1.29, 1.82) is 0 Å². The summed E-state index contributed by atoms with van der Waals surface area (Å²) in [4.78, 5) is 11.3. The fourth-order valence-electron chi connectivity index (χ4n) is 2.20. The molecule has 0 radical (unpaired) electrons. The van der Waals surface area contributed by atoms with Crippen LogP contribution >= 0.6 is 0 Å². The number of nitrogens with one attached hydrogen (secondary N) is 1. The van der Waals surface area contributed by atoms with Gasteiger partial charge in [0.2, 0.25) is 0 Å². The lowest BCUT2D eigenvalue weighted by atomic mass is 10.0. The van der Waals surface area contributed by atoms with E-state index in [2.05, 4.69) is 0 Å². The Morgan fingerprint density at radius 2 is 1.52 bits per heavy atom. The van der Waals surface area contributed by atoms with E-state index < -0.39 is 58.4 Å². The molecular formula is C16H9F8NO2. The molecule has 0 saturated heterocycles. The Morgan fingerprint density at radius 3 is 2.00 bits per heavy atom. The minimum atomic E-state index is -5.03. The number of carboxylic acid groups (broad SMARTS) is 1. The topological polar surface area (TPSA) is 49.3 Å². The van der Waals surface area contributed by atoms with Crippen molar-refractivity contribution in [3.8, 4) is 0 Å². The van der Waals surface area contributed by atoms with Crippen LogP contribution in [0, 0.1) is 11.6 Å². The molecule has 0 saturated carbocycles. The maximum Gasteiger partial charge on any atom is 0.419 e. The highest BCUT2D eigenvalue weighted by Crippen LogP contribution is 2.35. The zero-order valence-electron chi connectivity index (χ0n) is 12.9. The van der Waals surface area contributed by atoms with Gasteiger partial charge in [0, 0.05) is 0 Å². The van der Waals surface area contributed by atoms with Crippen molar-refractivity contribution in [1.82, 2.24) is 0 Å². The molecule has 0 aromatic heterocycles. The fraction of sp³-hybridized carbons (Fsp3) is 0.188. The summed E-state index contributed by atoms with van der Waals surface area (Å²) >= 11 is 0. The van der Waals surface area contributed by atoms with Crippen LogP contribution in [0.4, 0.5) is 40.8 Å². The molecule has 0 spiro atoms. The van der Waals surface area contributed by atoms with Gasteiger partial charge < -0.3 is 10.4 Å². The van der Waals surface area contributed by atoms with Gasteiger partial charge in [0.05, 0.1) is 16.8 Å². The van der Waals surface area contributed by atoms with Crippen LogP contribution in [0.2, 0.25) is 0 Å². The van der Waals surface area contributed by atoms with Crippen LogP contribution in [0.5, 0.6) is 0 Å². The Labute approximate surface area is 146 Å². The van der Waals surface area contributed by atoms with Crippen LogP contribution in [0.3, 0.4) is 0 Å². The van der Waals surface area contributed by atoms with Crippen molar-refractivity contribution in [3.05, 3.63) is 64.7 Å². The lowest BCUT2D eigenvalue weighted by Gasteiger charge is -2.19. The summed E-state index contributed by atoms with van der Waals surface area (Å²) in [6.45, 7) is 0. The third-order valence-electron chi connectivity index (χ3n) is 3.47. The third-order valence-corrected chi connectivity index (χ3v) is 3.47. The Balaban J connectivity index is 2.43. The molecule has 2 N–H and O–H groups in total. The Morgan fingerprint density at radius 1 is 0.889 bits per heavy atom. The monoisotopic (exact) mass is 399 g/mol. The molecule has 27 heavy (non-hydrogen) atoms. The second kappa shape index (κ2) is 7.05. The van der Waals surface area contributed by atoms with Gasteiger partial charge in [-0.2, -0.15) is 26.3 Å². The third kappa shape index (κ3) is 4.66. The molecule has 2 aromatic rings. The van der Waals surface area contributed by atoms with Gasteiger partial charge >= 0.3 is 18.3 Å². The van der Waals surface area contributed by atoms with E-state index in [1.54, 1.807) is 0 Å². The summed E-state index contributed by atoms with van der Waals surface area (Å²) in [5, 5.41) is 11.1. The Kier molecular flexibility index (Phi) is 5.34. The number of halogens is 8. The molecule has 0 aliphatic heterocycles. The SMILES string of the molecule is O=C(O)C(Nc1cc(C(F)(F)F)ccc1F)c1ccc(C(F)(F)F)c(F)c1. The normalized spacial score (nSPS) is 13.3. The number of alkyl halides is 6. The predicted octanol–water partition coefficient (Wildman–Crippen LogP) is 5.24. The molecule has 0 bridgehead atoms. The maximum absolute atomic E-state index is 13.8. The fourth-order valence-corrected chi connectivity index (χ4v) is 2.20. The van der Waals surface area contributed by atoms with Gasteiger partial charge in [0.25, 0.3) is 0 Å². The summed E-state index contributed by atoms with van der Waals surface area (Å²) < 4.78 is 103.